The van der Waals surface area contributed by atoms with Gasteiger partial charge in [0.2, 0.25) is 0 Å². The normalized spacial score (nSPS) is 10.2. The lowest BCUT2D eigenvalue weighted by molar-refractivity contribution is 1.33. The maximum Gasteiger partial charge on any atom is 0.0702 e. The maximum absolute atomic E-state index is 4.33. The molecule has 2 aromatic carbocycles. The van der Waals surface area contributed by atoms with E-state index in [0.717, 1.165) is 16.8 Å². The molecule has 1 heterocycles. The summed E-state index contributed by atoms with van der Waals surface area (Å²) in [6, 6.07) is 25.7. The van der Waals surface area contributed by atoms with Crippen molar-refractivity contribution in [1.82, 2.24) is 4.98 Å². The van der Waals surface area contributed by atoms with Gasteiger partial charge >= 0.3 is 0 Å². The molecule has 1 nitrogen and oxygen atoms in total. The van der Waals surface area contributed by atoms with E-state index in [1.807, 2.05) is 42.5 Å². The van der Waals surface area contributed by atoms with Crippen LogP contribution in [0.4, 0.5) is 0 Å². The molecule has 0 saturated heterocycles. The number of pyridine rings is 1. The monoisotopic (exact) mass is 230 g/mol. The lowest BCUT2D eigenvalue weighted by atomic mass is 10.0. The quantitative estimate of drug-likeness (QED) is 0.642. The highest BCUT2D eigenvalue weighted by molar-refractivity contribution is 5.67. The van der Waals surface area contributed by atoms with E-state index in [9.17, 15) is 0 Å². The summed E-state index contributed by atoms with van der Waals surface area (Å²) in [4.78, 5) is 4.33. The van der Waals surface area contributed by atoms with Gasteiger partial charge in [0.15, 0.2) is 0 Å². The summed E-state index contributed by atoms with van der Waals surface area (Å²) in [5.74, 6) is 0. The number of nitrogens with zero attached hydrogens (tertiary/aromatic N) is 1. The minimum atomic E-state index is 0.980. The van der Waals surface area contributed by atoms with E-state index < -0.39 is 0 Å². The molecule has 0 unspecified atom stereocenters. The molecule has 0 aliphatic rings. The molecule has 0 atom stereocenters. The van der Waals surface area contributed by atoms with Crippen LogP contribution < -0.4 is 0 Å². The number of benzene rings is 2. The molecule has 1 radical (unpaired) electrons. The van der Waals surface area contributed by atoms with Crippen molar-refractivity contribution in [2.24, 2.45) is 0 Å². The van der Waals surface area contributed by atoms with E-state index in [0.29, 0.717) is 0 Å². The van der Waals surface area contributed by atoms with Crippen molar-refractivity contribution < 1.29 is 0 Å². The Morgan fingerprint density at radius 3 is 2.22 bits per heavy atom. The summed E-state index contributed by atoms with van der Waals surface area (Å²) in [6.45, 7) is 0. The Kier molecular flexibility index (Phi) is 2.89. The minimum Gasteiger partial charge on any atom is -0.256 e. The van der Waals surface area contributed by atoms with E-state index in [-0.39, 0.29) is 0 Å². The van der Waals surface area contributed by atoms with Crippen LogP contribution in [0.2, 0.25) is 0 Å². The molecule has 0 bridgehead atoms. The van der Waals surface area contributed by atoms with Crippen LogP contribution >= 0.6 is 0 Å². The van der Waals surface area contributed by atoms with E-state index in [1.165, 1.54) is 5.56 Å². The Bertz CT molecular complexity index is 554. The summed E-state index contributed by atoms with van der Waals surface area (Å²) < 4.78 is 0. The van der Waals surface area contributed by atoms with E-state index in [4.69, 9.17) is 0 Å². The van der Waals surface area contributed by atoms with Crippen molar-refractivity contribution in [3.63, 3.8) is 0 Å². The van der Waals surface area contributed by atoms with Gasteiger partial charge in [-0.05, 0) is 35.4 Å². The van der Waals surface area contributed by atoms with Crippen molar-refractivity contribution in [3.8, 4) is 22.4 Å². The van der Waals surface area contributed by atoms with Crippen LogP contribution in [0.1, 0.15) is 0 Å². The zero-order valence-corrected chi connectivity index (χ0v) is 9.88. The first-order valence-corrected chi connectivity index (χ1v) is 5.92. The third-order valence-electron chi connectivity index (χ3n) is 2.86. The lowest BCUT2D eigenvalue weighted by Crippen LogP contribution is -1.83. The fourth-order valence-electron chi connectivity index (χ4n) is 1.91. The van der Waals surface area contributed by atoms with Crippen LogP contribution in [-0.4, -0.2) is 4.98 Å². The first-order valence-electron chi connectivity index (χ1n) is 5.92. The summed E-state index contributed by atoms with van der Waals surface area (Å²) >= 11 is 0. The molecule has 0 amide bonds. The number of rotatable bonds is 2. The maximum atomic E-state index is 4.33. The van der Waals surface area contributed by atoms with Gasteiger partial charge in [0.25, 0.3) is 0 Å². The standard InChI is InChI=1S/C17H12N/c1-2-6-14(7-3-1)15-9-11-16(12-10-15)17-8-4-5-13-18-17/h1-9,11-13H. The molecule has 85 valence electrons. The second-order valence-corrected chi connectivity index (χ2v) is 4.07. The number of hydrogen-bond donors (Lipinski definition) is 0. The Morgan fingerprint density at radius 1 is 0.722 bits per heavy atom. The van der Waals surface area contributed by atoms with Crippen LogP contribution in [0, 0.1) is 6.07 Å². The average molecular weight is 230 g/mol. The zero-order chi connectivity index (χ0) is 12.2. The molecule has 3 aromatic rings. The van der Waals surface area contributed by atoms with Gasteiger partial charge in [-0.25, -0.2) is 0 Å². The van der Waals surface area contributed by atoms with Crippen molar-refractivity contribution in [3.05, 3.63) is 79.0 Å². The lowest BCUT2D eigenvalue weighted by Gasteiger charge is -2.03. The second kappa shape index (κ2) is 4.84. The fourth-order valence-corrected chi connectivity index (χ4v) is 1.91. The van der Waals surface area contributed by atoms with E-state index in [1.54, 1.807) is 6.20 Å². The van der Waals surface area contributed by atoms with Crippen molar-refractivity contribution in [2.45, 2.75) is 0 Å². The summed E-state index contributed by atoms with van der Waals surface area (Å²) in [6.07, 6.45) is 1.81. The summed E-state index contributed by atoms with van der Waals surface area (Å²) in [5.41, 5.74) is 4.36. The Hall–Kier alpha value is -2.41. The smallest absolute Gasteiger partial charge is 0.0702 e. The van der Waals surface area contributed by atoms with Crippen LogP contribution in [0.15, 0.2) is 72.9 Å². The molecule has 1 aromatic heterocycles. The molecule has 0 N–H and O–H groups in total. The van der Waals surface area contributed by atoms with Gasteiger partial charge in [0.05, 0.1) is 5.69 Å². The highest BCUT2D eigenvalue weighted by Gasteiger charge is 2.00. The molecule has 0 fully saturated rings. The van der Waals surface area contributed by atoms with Gasteiger partial charge in [-0.3, -0.25) is 4.98 Å². The third kappa shape index (κ3) is 2.16. The summed E-state index contributed by atoms with van der Waals surface area (Å²) in [7, 11) is 0. The average Bonchev–Trinajstić information content (AvgIpc) is 2.49. The number of aromatic nitrogens is 1. The molecule has 0 aliphatic heterocycles. The largest absolute Gasteiger partial charge is 0.256 e. The molecule has 1 heteroatoms. The molecule has 18 heavy (non-hydrogen) atoms. The van der Waals surface area contributed by atoms with Gasteiger partial charge < -0.3 is 0 Å². The minimum absolute atomic E-state index is 0.980. The summed E-state index contributed by atoms with van der Waals surface area (Å²) in [5, 5.41) is 0. The molecule has 0 spiro atoms. The van der Waals surface area contributed by atoms with E-state index in [2.05, 4.69) is 35.3 Å². The molecular formula is C17H12N. The van der Waals surface area contributed by atoms with Crippen molar-refractivity contribution in [1.29, 1.82) is 0 Å². The molecular weight excluding hydrogens is 218 g/mol. The van der Waals surface area contributed by atoms with Crippen LogP contribution in [0.25, 0.3) is 22.4 Å². The Balaban J connectivity index is 1.95. The van der Waals surface area contributed by atoms with Crippen LogP contribution in [0.5, 0.6) is 0 Å². The van der Waals surface area contributed by atoms with Gasteiger partial charge in [0.1, 0.15) is 0 Å². The first kappa shape index (κ1) is 10.7. The predicted molar refractivity (Wildman–Crippen MR) is 73.9 cm³/mol. The zero-order valence-electron chi connectivity index (χ0n) is 9.88. The Morgan fingerprint density at radius 2 is 1.56 bits per heavy atom. The Labute approximate surface area is 107 Å². The van der Waals surface area contributed by atoms with Crippen LogP contribution in [-0.2, 0) is 0 Å². The highest BCUT2D eigenvalue weighted by atomic mass is 14.7. The first-order chi connectivity index (χ1) is 8.93. The topological polar surface area (TPSA) is 12.9 Å². The highest BCUT2D eigenvalue weighted by Crippen LogP contribution is 2.22. The molecule has 0 saturated carbocycles. The molecule has 3 rings (SSSR count). The second-order valence-electron chi connectivity index (χ2n) is 4.07. The third-order valence-corrected chi connectivity index (χ3v) is 2.86. The number of hydrogen-bond acceptors (Lipinski definition) is 1. The van der Waals surface area contributed by atoms with E-state index >= 15 is 0 Å². The fraction of sp³-hybridized carbons (Fsp3) is 0. The SMILES string of the molecule is [c]1cc(-c2ccccn2)ccc1-c1ccccc1. The van der Waals surface area contributed by atoms with Crippen LogP contribution in [0.3, 0.4) is 0 Å². The molecule has 0 aliphatic carbocycles. The van der Waals surface area contributed by atoms with Gasteiger partial charge in [-0.1, -0.05) is 48.5 Å². The van der Waals surface area contributed by atoms with Crippen molar-refractivity contribution >= 4 is 0 Å². The van der Waals surface area contributed by atoms with Crippen molar-refractivity contribution in [2.75, 3.05) is 0 Å². The van der Waals surface area contributed by atoms with Gasteiger partial charge in [-0.2, -0.15) is 0 Å². The van der Waals surface area contributed by atoms with Gasteiger partial charge in [-0.15, -0.1) is 0 Å². The van der Waals surface area contributed by atoms with Gasteiger partial charge in [0, 0.05) is 11.8 Å². The predicted octanol–water partition coefficient (Wildman–Crippen LogP) is 4.22.